The van der Waals surface area contributed by atoms with Crippen molar-refractivity contribution in [3.63, 3.8) is 0 Å². The van der Waals surface area contributed by atoms with Gasteiger partial charge >= 0.3 is 11.9 Å². The second kappa shape index (κ2) is 31.9. The number of ether oxygens (including phenoxy) is 2. The van der Waals surface area contributed by atoms with E-state index >= 15 is 0 Å². The molecule has 284 valence electrons. The Morgan fingerprint density at radius 2 is 1.16 bits per heavy atom. The third kappa shape index (κ3) is 35.6. The number of allylic oxidation sites excluding steroid dienone is 8. The van der Waals surface area contributed by atoms with Crippen molar-refractivity contribution in [2.75, 3.05) is 47.5 Å². The van der Waals surface area contributed by atoms with Gasteiger partial charge in [-0.2, -0.15) is 0 Å². The van der Waals surface area contributed by atoms with Crippen molar-refractivity contribution in [3.05, 3.63) is 48.6 Å². The summed E-state index contributed by atoms with van der Waals surface area (Å²) < 4.78 is 33.6. The van der Waals surface area contributed by atoms with Gasteiger partial charge in [0.05, 0.1) is 27.7 Å². The molecule has 2 unspecified atom stereocenters. The van der Waals surface area contributed by atoms with Crippen LogP contribution in [-0.2, 0) is 32.7 Å². The molecule has 0 aliphatic heterocycles. The molecule has 0 aromatic heterocycles. The Labute approximate surface area is 299 Å². The summed E-state index contributed by atoms with van der Waals surface area (Å²) in [7, 11) is 1.14. The molecule has 0 bridgehead atoms. The topological polar surface area (TPSA) is 111 Å². The van der Waals surface area contributed by atoms with E-state index in [1.807, 2.05) is 21.1 Å². The molecule has 2 atom stereocenters. The molecule has 0 amide bonds. The molecule has 0 rings (SSSR count). The summed E-state index contributed by atoms with van der Waals surface area (Å²) in [5, 5.41) is 0. The first kappa shape index (κ1) is 47.0. The van der Waals surface area contributed by atoms with Gasteiger partial charge in [0.1, 0.15) is 19.8 Å². The van der Waals surface area contributed by atoms with Crippen molar-refractivity contribution in [1.82, 2.24) is 0 Å². The summed E-state index contributed by atoms with van der Waals surface area (Å²) in [6, 6.07) is 0. The van der Waals surface area contributed by atoms with E-state index in [2.05, 4.69) is 62.5 Å². The quantitative estimate of drug-likeness (QED) is 0.0218. The monoisotopic (exact) mass is 711 g/mol. The molecule has 49 heavy (non-hydrogen) atoms. The van der Waals surface area contributed by atoms with E-state index in [9.17, 15) is 19.0 Å². The molecule has 0 spiro atoms. The van der Waals surface area contributed by atoms with Gasteiger partial charge < -0.3 is 27.9 Å². The Morgan fingerprint density at radius 1 is 0.653 bits per heavy atom. The van der Waals surface area contributed by atoms with E-state index in [0.29, 0.717) is 17.4 Å². The number of rotatable bonds is 33. The maximum absolute atomic E-state index is 12.6. The normalized spacial score (nSPS) is 14.3. The SMILES string of the molecule is CC/C=C\C/C=C\C/C=C\C/C=C\CCCCCCC(=O)OC(COC(=O)CCCCCCCCCC)COP(=O)([O-])OCC[N+](C)(C)C. The summed E-state index contributed by atoms with van der Waals surface area (Å²) in [5.41, 5.74) is 0. The Hall–Kier alpha value is -2.03. The largest absolute Gasteiger partial charge is 0.756 e. The van der Waals surface area contributed by atoms with Crippen LogP contribution < -0.4 is 4.89 Å². The van der Waals surface area contributed by atoms with Gasteiger partial charge in [0, 0.05) is 12.8 Å². The average Bonchev–Trinajstić information content (AvgIpc) is 3.04. The number of unbranched alkanes of at least 4 members (excludes halogenated alkanes) is 11. The van der Waals surface area contributed by atoms with Crippen LogP contribution in [-0.4, -0.2) is 70.0 Å². The molecule has 0 aliphatic rings. The van der Waals surface area contributed by atoms with E-state index in [-0.39, 0.29) is 26.1 Å². The lowest BCUT2D eigenvalue weighted by Gasteiger charge is -2.28. The van der Waals surface area contributed by atoms with Gasteiger partial charge in [-0.15, -0.1) is 0 Å². The fourth-order valence-corrected chi connectivity index (χ4v) is 5.37. The molecule has 0 heterocycles. The Kier molecular flexibility index (Phi) is 30.6. The van der Waals surface area contributed by atoms with Crippen LogP contribution in [0.15, 0.2) is 48.6 Å². The Morgan fingerprint density at radius 3 is 1.73 bits per heavy atom. The predicted molar refractivity (Wildman–Crippen MR) is 199 cm³/mol. The molecule has 0 aromatic rings. The second-order valence-corrected chi connectivity index (χ2v) is 15.0. The molecular formula is C39H70NO8P. The van der Waals surface area contributed by atoms with Crippen molar-refractivity contribution in [2.45, 2.75) is 142 Å². The van der Waals surface area contributed by atoms with Gasteiger partial charge in [-0.25, -0.2) is 0 Å². The number of hydrogen-bond donors (Lipinski definition) is 0. The van der Waals surface area contributed by atoms with Crippen LogP contribution in [0.4, 0.5) is 0 Å². The highest BCUT2D eigenvalue weighted by Gasteiger charge is 2.21. The minimum absolute atomic E-state index is 0.0371. The summed E-state index contributed by atoms with van der Waals surface area (Å²) >= 11 is 0. The first-order valence-electron chi connectivity index (χ1n) is 18.8. The van der Waals surface area contributed by atoms with Gasteiger partial charge in [0.2, 0.25) is 0 Å². The molecule has 0 saturated heterocycles. The third-order valence-electron chi connectivity index (χ3n) is 7.61. The highest BCUT2D eigenvalue weighted by Crippen LogP contribution is 2.38. The minimum atomic E-state index is -4.62. The average molecular weight is 712 g/mol. The van der Waals surface area contributed by atoms with Crippen LogP contribution in [0.2, 0.25) is 0 Å². The smallest absolute Gasteiger partial charge is 0.306 e. The molecule has 0 N–H and O–H groups in total. The number of likely N-dealkylation sites (N-methyl/N-ethyl adjacent to an activating group) is 1. The molecule has 9 nitrogen and oxygen atoms in total. The number of phosphoric ester groups is 1. The number of esters is 2. The Balaban J connectivity index is 4.46. The highest BCUT2D eigenvalue weighted by atomic mass is 31.2. The number of hydrogen-bond acceptors (Lipinski definition) is 8. The fraction of sp³-hybridized carbons (Fsp3) is 0.744. The van der Waals surface area contributed by atoms with Gasteiger partial charge in [-0.3, -0.25) is 14.2 Å². The number of nitrogens with zero attached hydrogens (tertiary/aromatic N) is 1. The molecule has 0 aliphatic carbocycles. The van der Waals surface area contributed by atoms with Gasteiger partial charge in [0.25, 0.3) is 7.82 Å². The maximum atomic E-state index is 12.6. The first-order valence-corrected chi connectivity index (χ1v) is 20.3. The molecule has 10 heteroatoms. The summed E-state index contributed by atoms with van der Waals surface area (Å²) in [6.07, 6.45) is 34.3. The van der Waals surface area contributed by atoms with Crippen molar-refractivity contribution < 1.29 is 42.1 Å². The first-order chi connectivity index (χ1) is 23.5. The lowest BCUT2D eigenvalue weighted by atomic mass is 10.1. The van der Waals surface area contributed by atoms with Crippen LogP contribution in [0, 0.1) is 0 Å². The lowest BCUT2D eigenvalue weighted by molar-refractivity contribution is -0.870. The van der Waals surface area contributed by atoms with Gasteiger partial charge in [0.15, 0.2) is 6.10 Å². The van der Waals surface area contributed by atoms with Crippen LogP contribution >= 0.6 is 7.82 Å². The highest BCUT2D eigenvalue weighted by molar-refractivity contribution is 7.45. The van der Waals surface area contributed by atoms with E-state index in [1.54, 1.807) is 0 Å². The van der Waals surface area contributed by atoms with Gasteiger partial charge in [-0.1, -0.05) is 120 Å². The van der Waals surface area contributed by atoms with Crippen LogP contribution in [0.1, 0.15) is 136 Å². The minimum Gasteiger partial charge on any atom is -0.756 e. The van der Waals surface area contributed by atoms with E-state index in [0.717, 1.165) is 70.6 Å². The van der Waals surface area contributed by atoms with Crippen molar-refractivity contribution in [2.24, 2.45) is 0 Å². The molecule has 0 saturated carbocycles. The third-order valence-corrected chi connectivity index (χ3v) is 8.58. The zero-order valence-corrected chi connectivity index (χ0v) is 32.5. The molecule has 0 radical (unpaired) electrons. The van der Waals surface area contributed by atoms with Crippen LogP contribution in [0.25, 0.3) is 0 Å². The van der Waals surface area contributed by atoms with Gasteiger partial charge in [-0.05, 0) is 51.4 Å². The summed E-state index contributed by atoms with van der Waals surface area (Å²) in [4.78, 5) is 37.2. The number of quaternary nitrogens is 1. The van der Waals surface area contributed by atoms with E-state index in [4.69, 9.17) is 18.5 Å². The van der Waals surface area contributed by atoms with Crippen LogP contribution in [0.3, 0.4) is 0 Å². The Bertz CT molecular complexity index is 986. The van der Waals surface area contributed by atoms with Crippen LogP contribution in [0.5, 0.6) is 0 Å². The number of carbonyl (C=O) groups excluding carboxylic acids is 2. The summed E-state index contributed by atoms with van der Waals surface area (Å²) in [6.45, 7) is 4.02. The van der Waals surface area contributed by atoms with Crippen molar-refractivity contribution in [1.29, 1.82) is 0 Å². The predicted octanol–water partition coefficient (Wildman–Crippen LogP) is 9.33. The standard InChI is InChI=1S/C39H70NO8P/c1-6-8-10-12-14-16-17-18-19-20-21-22-23-24-26-28-30-32-39(42)48-37(36-47-49(43,44)46-34-33-40(3,4)5)35-45-38(41)31-29-27-25-15-13-11-9-7-2/h8,10,14,16,18-19,21-22,37H,6-7,9,11-13,15,17,20,23-36H2,1-5H3/b10-8-,16-14-,19-18-,22-21-. The van der Waals surface area contributed by atoms with E-state index < -0.39 is 32.5 Å². The van der Waals surface area contributed by atoms with Crippen molar-refractivity contribution in [3.8, 4) is 0 Å². The van der Waals surface area contributed by atoms with Crippen molar-refractivity contribution >= 4 is 19.8 Å². The zero-order chi connectivity index (χ0) is 36.5. The lowest BCUT2D eigenvalue weighted by Crippen LogP contribution is -2.37. The number of phosphoric acid groups is 1. The molecule has 0 fully saturated rings. The second-order valence-electron chi connectivity index (χ2n) is 13.6. The molecule has 0 aromatic carbocycles. The fourth-order valence-electron chi connectivity index (χ4n) is 4.64. The zero-order valence-electron chi connectivity index (χ0n) is 31.6. The maximum Gasteiger partial charge on any atom is 0.306 e. The number of carbonyl (C=O) groups is 2. The summed E-state index contributed by atoms with van der Waals surface area (Å²) in [5.74, 6) is -0.872. The van der Waals surface area contributed by atoms with E-state index in [1.165, 1.54) is 32.1 Å². The molecular weight excluding hydrogens is 641 g/mol.